The van der Waals surface area contributed by atoms with E-state index < -0.39 is 0 Å². The number of ether oxygens (including phenoxy) is 2. The van der Waals surface area contributed by atoms with Crippen LogP contribution in [-0.2, 0) is 32.3 Å². The molecule has 0 bridgehead atoms. The molecule has 8 nitrogen and oxygen atoms in total. The maximum absolute atomic E-state index is 13.1. The zero-order valence-electron chi connectivity index (χ0n) is 23.0. The predicted octanol–water partition coefficient (Wildman–Crippen LogP) is 6.15. The van der Waals surface area contributed by atoms with Gasteiger partial charge >= 0.3 is 18.0 Å². The summed E-state index contributed by atoms with van der Waals surface area (Å²) in [5, 5.41) is 0. The highest BCUT2D eigenvalue weighted by Gasteiger charge is 2.37. The van der Waals surface area contributed by atoms with Crippen LogP contribution in [0.2, 0.25) is 0 Å². The van der Waals surface area contributed by atoms with E-state index in [0.29, 0.717) is 26.0 Å². The van der Waals surface area contributed by atoms with Gasteiger partial charge in [0, 0.05) is 37.8 Å². The number of hydrogen-bond acceptors (Lipinski definition) is 6. The van der Waals surface area contributed by atoms with Crippen LogP contribution < -0.4 is 0 Å². The second kappa shape index (κ2) is 15.6. The highest BCUT2D eigenvalue weighted by Crippen LogP contribution is 2.35. The van der Waals surface area contributed by atoms with Crippen molar-refractivity contribution in [1.29, 1.82) is 0 Å². The number of unbranched alkanes of at least 4 members (excludes halogenated alkanes) is 4. The van der Waals surface area contributed by atoms with Crippen LogP contribution in [0, 0.1) is 5.92 Å². The van der Waals surface area contributed by atoms with E-state index in [0.717, 1.165) is 56.1 Å². The van der Waals surface area contributed by atoms with Gasteiger partial charge in [-0.1, -0.05) is 79.9 Å². The number of aromatic nitrogens is 2. The van der Waals surface area contributed by atoms with Gasteiger partial charge in [-0.2, -0.15) is 0 Å². The zero-order valence-corrected chi connectivity index (χ0v) is 23.0. The minimum absolute atomic E-state index is 0.0752. The molecule has 0 unspecified atom stereocenters. The number of carbonyl (C=O) groups is 3. The lowest BCUT2D eigenvalue weighted by Gasteiger charge is -2.42. The van der Waals surface area contributed by atoms with Crippen LogP contribution in [0.3, 0.4) is 0 Å². The van der Waals surface area contributed by atoms with Crippen molar-refractivity contribution in [3.05, 3.63) is 90.5 Å². The summed E-state index contributed by atoms with van der Waals surface area (Å²) in [7, 11) is 0. The molecule has 1 fully saturated rings. The lowest BCUT2D eigenvalue weighted by atomic mass is 9.77. The first-order valence-electron chi connectivity index (χ1n) is 14.3. The molecule has 0 atom stereocenters. The van der Waals surface area contributed by atoms with E-state index in [4.69, 9.17) is 9.47 Å². The van der Waals surface area contributed by atoms with E-state index in [-0.39, 0.29) is 36.5 Å². The molecule has 0 radical (unpaired) electrons. The first-order valence-corrected chi connectivity index (χ1v) is 14.3. The number of amides is 1. The Kier molecular flexibility index (Phi) is 11.3. The van der Waals surface area contributed by atoms with E-state index in [9.17, 15) is 14.4 Å². The second-order valence-corrected chi connectivity index (χ2v) is 10.5. The summed E-state index contributed by atoms with van der Waals surface area (Å²) in [6, 6.07) is 19.4. The summed E-state index contributed by atoms with van der Waals surface area (Å²) in [5.74, 6) is -0.124. The number of benzene rings is 2. The molecule has 1 saturated carbocycles. The van der Waals surface area contributed by atoms with Crippen LogP contribution in [0.1, 0.15) is 68.9 Å². The molecule has 40 heavy (non-hydrogen) atoms. The van der Waals surface area contributed by atoms with Gasteiger partial charge in [-0.15, -0.1) is 0 Å². The first kappa shape index (κ1) is 29.1. The van der Waals surface area contributed by atoms with E-state index in [1.54, 1.807) is 12.4 Å². The van der Waals surface area contributed by atoms with Gasteiger partial charge in [0.25, 0.3) is 0 Å². The fourth-order valence-electron chi connectivity index (χ4n) is 5.00. The molecular formula is C32H39N3O5. The molecule has 0 N–H and O–H groups in total. The third kappa shape index (κ3) is 9.36. The first-order chi connectivity index (χ1) is 19.6. The third-order valence-electron chi connectivity index (χ3n) is 7.34. The van der Waals surface area contributed by atoms with Crippen molar-refractivity contribution in [2.75, 3.05) is 6.54 Å². The van der Waals surface area contributed by atoms with Gasteiger partial charge in [-0.25, -0.2) is 9.78 Å². The Balaban J connectivity index is 1.12. The van der Waals surface area contributed by atoms with Crippen LogP contribution in [0.15, 0.2) is 79.4 Å². The standard InChI is InChI=1S/C32H39N3O5/c36-30(39-23-26-12-6-4-7-13-26)16-10-2-1-3-11-18-35(32(38)34-19-17-33-25-34)29-20-28(21-29)22-31(37)40-24-27-14-8-5-9-15-27/h4-9,12-15,17,19,25,28-29H,1-3,10-11,16,18,20-24H2. The van der Waals surface area contributed by atoms with Crippen molar-refractivity contribution in [2.24, 2.45) is 5.92 Å². The lowest BCUT2D eigenvalue weighted by molar-refractivity contribution is -0.147. The lowest BCUT2D eigenvalue weighted by Crippen LogP contribution is -2.50. The van der Waals surface area contributed by atoms with Crippen molar-refractivity contribution < 1.29 is 23.9 Å². The van der Waals surface area contributed by atoms with Gasteiger partial charge in [0.15, 0.2) is 0 Å². The topological polar surface area (TPSA) is 90.7 Å². The summed E-state index contributed by atoms with van der Waals surface area (Å²) in [5.41, 5.74) is 1.97. The van der Waals surface area contributed by atoms with Gasteiger partial charge in [-0.05, 0) is 42.7 Å². The second-order valence-electron chi connectivity index (χ2n) is 10.5. The average molecular weight is 546 g/mol. The molecule has 1 amide bonds. The smallest absolute Gasteiger partial charge is 0.329 e. The van der Waals surface area contributed by atoms with Crippen molar-refractivity contribution in [2.45, 2.75) is 77.0 Å². The third-order valence-corrected chi connectivity index (χ3v) is 7.34. The molecule has 1 aliphatic carbocycles. The number of imidazole rings is 1. The molecule has 8 heteroatoms. The Labute approximate surface area is 236 Å². The maximum atomic E-state index is 13.1. The molecule has 3 aromatic rings. The van der Waals surface area contributed by atoms with E-state index in [1.807, 2.05) is 65.6 Å². The molecular weight excluding hydrogens is 506 g/mol. The van der Waals surface area contributed by atoms with Gasteiger partial charge in [0.2, 0.25) is 0 Å². The van der Waals surface area contributed by atoms with Gasteiger partial charge in [0.1, 0.15) is 19.5 Å². The molecule has 212 valence electrons. The van der Waals surface area contributed by atoms with Gasteiger partial charge in [0.05, 0.1) is 0 Å². The predicted molar refractivity (Wildman–Crippen MR) is 151 cm³/mol. The minimum atomic E-state index is -0.191. The van der Waals surface area contributed by atoms with Crippen LogP contribution in [0.4, 0.5) is 4.79 Å². The Morgan fingerprint density at radius 3 is 2.02 bits per heavy atom. The Morgan fingerprint density at radius 1 is 0.800 bits per heavy atom. The van der Waals surface area contributed by atoms with Gasteiger partial charge in [-0.3, -0.25) is 14.2 Å². The van der Waals surface area contributed by atoms with Crippen molar-refractivity contribution in [1.82, 2.24) is 14.5 Å². The van der Waals surface area contributed by atoms with Crippen LogP contribution >= 0.6 is 0 Å². The largest absolute Gasteiger partial charge is 0.461 e. The summed E-state index contributed by atoms with van der Waals surface area (Å²) < 4.78 is 12.3. The number of carbonyl (C=O) groups excluding carboxylic acids is 3. The molecule has 1 heterocycles. The average Bonchev–Trinajstić information content (AvgIpc) is 3.51. The number of nitrogens with zero attached hydrogens (tertiary/aromatic N) is 3. The molecule has 4 rings (SSSR count). The van der Waals surface area contributed by atoms with E-state index in [1.165, 1.54) is 10.9 Å². The monoisotopic (exact) mass is 545 g/mol. The summed E-state index contributed by atoms with van der Waals surface area (Å²) in [4.78, 5) is 43.4. The van der Waals surface area contributed by atoms with Crippen LogP contribution in [-0.4, -0.2) is 45.0 Å². The molecule has 1 aromatic heterocycles. The fourth-order valence-corrected chi connectivity index (χ4v) is 5.00. The molecule has 0 saturated heterocycles. The zero-order chi connectivity index (χ0) is 28.0. The molecule has 0 spiro atoms. The highest BCUT2D eigenvalue weighted by atomic mass is 16.5. The maximum Gasteiger partial charge on any atom is 0.329 e. The fraction of sp³-hybridized carbons (Fsp3) is 0.438. The van der Waals surface area contributed by atoms with Crippen LogP contribution in [0.5, 0.6) is 0 Å². The summed E-state index contributed by atoms with van der Waals surface area (Å²) >= 11 is 0. The number of hydrogen-bond donors (Lipinski definition) is 0. The summed E-state index contributed by atoms with van der Waals surface area (Å²) in [6.07, 6.45) is 11.8. The van der Waals surface area contributed by atoms with Crippen LogP contribution in [0.25, 0.3) is 0 Å². The van der Waals surface area contributed by atoms with E-state index in [2.05, 4.69) is 4.98 Å². The normalized spacial score (nSPS) is 16.1. The molecule has 2 aromatic carbocycles. The number of esters is 2. The van der Waals surface area contributed by atoms with Gasteiger partial charge < -0.3 is 14.4 Å². The molecule has 0 aliphatic heterocycles. The summed E-state index contributed by atoms with van der Waals surface area (Å²) in [6.45, 7) is 1.26. The Morgan fingerprint density at radius 2 is 1.40 bits per heavy atom. The molecule has 1 aliphatic rings. The quantitative estimate of drug-likeness (QED) is 0.168. The number of rotatable bonds is 15. The Hall–Kier alpha value is -3.94. The Bertz CT molecular complexity index is 1180. The van der Waals surface area contributed by atoms with Crippen molar-refractivity contribution >= 4 is 18.0 Å². The van der Waals surface area contributed by atoms with Crippen molar-refractivity contribution in [3.8, 4) is 0 Å². The minimum Gasteiger partial charge on any atom is -0.461 e. The van der Waals surface area contributed by atoms with E-state index >= 15 is 0 Å². The highest BCUT2D eigenvalue weighted by molar-refractivity contribution is 5.77. The SMILES string of the molecule is O=C(CCCCCCCN(C(=O)n1ccnc1)C1CC(CC(=O)OCc2ccccc2)C1)OCc1ccccc1. The van der Waals surface area contributed by atoms with Crippen molar-refractivity contribution in [3.63, 3.8) is 0 Å².